The van der Waals surface area contributed by atoms with Crippen LogP contribution in [0.2, 0.25) is 0 Å². The largest absolute Gasteiger partial charge is 0.422 e. The minimum absolute atomic E-state index is 0.140. The van der Waals surface area contributed by atoms with Gasteiger partial charge in [0.25, 0.3) is 5.69 Å². The molecule has 0 aliphatic heterocycles. The molecule has 0 spiro atoms. The standard InChI is InChI=1S/C12H15F3N2O4/c1-16-5-4-10(18)11(19)7-2-3-8(12(13,14)15)9(6-7)17(20)21/h2-3,6,10-11,16,18-19H,4-5H2,1H3. The smallest absolute Gasteiger partial charge is 0.390 e. The molecule has 0 saturated heterocycles. The van der Waals surface area contributed by atoms with Crippen LogP contribution in [-0.4, -0.2) is 34.8 Å². The molecule has 2 atom stereocenters. The predicted molar refractivity (Wildman–Crippen MR) is 67.6 cm³/mol. The van der Waals surface area contributed by atoms with E-state index in [2.05, 4.69) is 5.32 Å². The number of nitrogens with one attached hydrogen (secondary N) is 1. The molecule has 0 aromatic heterocycles. The van der Waals surface area contributed by atoms with Crippen molar-refractivity contribution in [2.45, 2.75) is 24.8 Å². The van der Waals surface area contributed by atoms with Crippen LogP contribution in [0, 0.1) is 10.1 Å². The van der Waals surface area contributed by atoms with Gasteiger partial charge in [0.2, 0.25) is 0 Å². The van der Waals surface area contributed by atoms with Gasteiger partial charge in [-0.2, -0.15) is 13.2 Å². The highest BCUT2D eigenvalue weighted by molar-refractivity contribution is 5.45. The van der Waals surface area contributed by atoms with Crippen LogP contribution >= 0.6 is 0 Å². The third kappa shape index (κ3) is 4.38. The van der Waals surface area contributed by atoms with Crippen LogP contribution in [0.5, 0.6) is 0 Å². The van der Waals surface area contributed by atoms with Gasteiger partial charge in [0.05, 0.1) is 11.0 Å². The first-order chi connectivity index (χ1) is 9.68. The molecule has 3 N–H and O–H groups in total. The Bertz CT molecular complexity index is 508. The summed E-state index contributed by atoms with van der Waals surface area (Å²) in [7, 11) is 1.63. The lowest BCUT2D eigenvalue weighted by molar-refractivity contribution is -0.388. The molecule has 21 heavy (non-hydrogen) atoms. The number of benzene rings is 1. The number of nitrogens with zero attached hydrogens (tertiary/aromatic N) is 1. The highest BCUT2D eigenvalue weighted by Crippen LogP contribution is 2.37. The number of alkyl halides is 3. The second-order valence-corrected chi connectivity index (χ2v) is 4.44. The van der Waals surface area contributed by atoms with E-state index in [-0.39, 0.29) is 12.0 Å². The summed E-state index contributed by atoms with van der Waals surface area (Å²) >= 11 is 0. The number of halogens is 3. The Morgan fingerprint density at radius 2 is 2.00 bits per heavy atom. The highest BCUT2D eigenvalue weighted by Gasteiger charge is 2.38. The number of nitro groups is 1. The molecule has 1 rings (SSSR count). The summed E-state index contributed by atoms with van der Waals surface area (Å²) in [6.07, 6.45) is -7.46. The van der Waals surface area contributed by atoms with Gasteiger partial charge in [0, 0.05) is 6.07 Å². The third-order valence-corrected chi connectivity index (χ3v) is 2.92. The van der Waals surface area contributed by atoms with E-state index in [1.165, 1.54) is 0 Å². The third-order valence-electron chi connectivity index (χ3n) is 2.92. The van der Waals surface area contributed by atoms with E-state index >= 15 is 0 Å². The van der Waals surface area contributed by atoms with Crippen LogP contribution in [0.15, 0.2) is 18.2 Å². The number of aliphatic hydroxyl groups is 2. The zero-order chi connectivity index (χ0) is 16.2. The van der Waals surface area contributed by atoms with Gasteiger partial charge in [0.1, 0.15) is 11.7 Å². The second kappa shape index (κ2) is 6.83. The minimum atomic E-state index is -4.86. The van der Waals surface area contributed by atoms with Crippen LogP contribution in [0.4, 0.5) is 18.9 Å². The molecule has 1 aromatic carbocycles. The Kier molecular flexibility index (Phi) is 5.64. The fraction of sp³-hybridized carbons (Fsp3) is 0.500. The topological polar surface area (TPSA) is 95.6 Å². The van der Waals surface area contributed by atoms with Gasteiger partial charge in [-0.1, -0.05) is 6.07 Å². The Balaban J connectivity index is 3.11. The number of nitro benzene ring substituents is 1. The Hall–Kier alpha value is -1.71. The Labute approximate surface area is 118 Å². The lowest BCUT2D eigenvalue weighted by Gasteiger charge is -2.18. The van der Waals surface area contributed by atoms with Crippen molar-refractivity contribution in [3.63, 3.8) is 0 Å². The van der Waals surface area contributed by atoms with Gasteiger partial charge in [-0.25, -0.2) is 0 Å². The molecule has 2 unspecified atom stereocenters. The molecule has 0 heterocycles. The van der Waals surface area contributed by atoms with E-state index in [0.29, 0.717) is 18.7 Å². The molecule has 1 aromatic rings. The van der Waals surface area contributed by atoms with E-state index < -0.39 is 34.6 Å². The van der Waals surface area contributed by atoms with Gasteiger partial charge < -0.3 is 15.5 Å². The molecule has 0 aliphatic carbocycles. The van der Waals surface area contributed by atoms with E-state index in [0.717, 1.165) is 6.07 Å². The number of hydrogen-bond donors (Lipinski definition) is 3. The number of aliphatic hydroxyl groups excluding tert-OH is 2. The van der Waals surface area contributed by atoms with Crippen molar-refractivity contribution in [3.05, 3.63) is 39.4 Å². The van der Waals surface area contributed by atoms with Crippen molar-refractivity contribution >= 4 is 5.69 Å². The van der Waals surface area contributed by atoms with Crippen molar-refractivity contribution in [2.75, 3.05) is 13.6 Å². The monoisotopic (exact) mass is 308 g/mol. The fourth-order valence-electron chi connectivity index (χ4n) is 1.80. The molecule has 0 radical (unpaired) electrons. The number of rotatable bonds is 6. The van der Waals surface area contributed by atoms with Gasteiger partial charge in [-0.3, -0.25) is 10.1 Å². The Morgan fingerprint density at radius 3 is 2.48 bits per heavy atom. The average molecular weight is 308 g/mol. The summed E-state index contributed by atoms with van der Waals surface area (Å²) < 4.78 is 37.9. The molecule has 0 aliphatic rings. The van der Waals surface area contributed by atoms with Gasteiger partial charge >= 0.3 is 6.18 Å². The first-order valence-electron chi connectivity index (χ1n) is 6.04. The second-order valence-electron chi connectivity index (χ2n) is 4.44. The van der Waals surface area contributed by atoms with Crippen LogP contribution in [0.1, 0.15) is 23.7 Å². The summed E-state index contributed by atoms with van der Waals surface area (Å²) in [4.78, 5) is 9.57. The maximum absolute atomic E-state index is 12.6. The molecular weight excluding hydrogens is 293 g/mol. The van der Waals surface area contributed by atoms with Crippen LogP contribution in [-0.2, 0) is 6.18 Å². The van der Waals surface area contributed by atoms with E-state index in [1.54, 1.807) is 7.05 Å². The van der Waals surface area contributed by atoms with Crippen LogP contribution < -0.4 is 5.32 Å². The molecule has 118 valence electrons. The van der Waals surface area contributed by atoms with Gasteiger partial charge in [0.15, 0.2) is 0 Å². The molecule has 9 heteroatoms. The van der Waals surface area contributed by atoms with Crippen LogP contribution in [0.3, 0.4) is 0 Å². The van der Waals surface area contributed by atoms with E-state index in [1.807, 2.05) is 0 Å². The predicted octanol–water partition coefficient (Wildman–Crippen LogP) is 1.62. The minimum Gasteiger partial charge on any atom is -0.390 e. The summed E-state index contributed by atoms with van der Waals surface area (Å²) in [5, 5.41) is 33.0. The summed E-state index contributed by atoms with van der Waals surface area (Å²) in [5.41, 5.74) is -2.69. The zero-order valence-electron chi connectivity index (χ0n) is 11.1. The van der Waals surface area contributed by atoms with Crippen LogP contribution in [0.25, 0.3) is 0 Å². The summed E-state index contributed by atoms with van der Waals surface area (Å²) in [5.74, 6) is 0. The highest BCUT2D eigenvalue weighted by atomic mass is 19.4. The molecule has 0 bridgehead atoms. The normalized spacial score (nSPS) is 14.8. The van der Waals surface area contributed by atoms with E-state index in [9.17, 15) is 33.5 Å². The lowest BCUT2D eigenvalue weighted by atomic mass is 9.99. The SMILES string of the molecule is CNCCC(O)C(O)c1ccc(C(F)(F)F)c([N+](=O)[O-])c1. The van der Waals surface area contributed by atoms with Crippen molar-refractivity contribution in [1.82, 2.24) is 5.32 Å². The van der Waals surface area contributed by atoms with E-state index in [4.69, 9.17) is 0 Å². The van der Waals surface area contributed by atoms with Crippen molar-refractivity contribution in [2.24, 2.45) is 0 Å². The first-order valence-corrected chi connectivity index (χ1v) is 6.04. The average Bonchev–Trinajstić information content (AvgIpc) is 2.42. The van der Waals surface area contributed by atoms with Gasteiger partial charge in [-0.05, 0) is 31.6 Å². The molecule has 0 saturated carbocycles. The maximum Gasteiger partial charge on any atom is 0.422 e. The lowest BCUT2D eigenvalue weighted by Crippen LogP contribution is -2.23. The molecular formula is C12H15F3N2O4. The van der Waals surface area contributed by atoms with Gasteiger partial charge in [-0.15, -0.1) is 0 Å². The molecule has 0 amide bonds. The fourth-order valence-corrected chi connectivity index (χ4v) is 1.80. The zero-order valence-corrected chi connectivity index (χ0v) is 11.1. The summed E-state index contributed by atoms with van der Waals surface area (Å²) in [6.45, 7) is 0.376. The molecule has 6 nitrogen and oxygen atoms in total. The number of hydrogen-bond acceptors (Lipinski definition) is 5. The quantitative estimate of drug-likeness (QED) is 0.548. The van der Waals surface area contributed by atoms with Crippen molar-refractivity contribution < 1.29 is 28.3 Å². The Morgan fingerprint density at radius 1 is 1.38 bits per heavy atom. The van der Waals surface area contributed by atoms with Crippen molar-refractivity contribution in [1.29, 1.82) is 0 Å². The first kappa shape index (κ1) is 17.3. The van der Waals surface area contributed by atoms with Crippen molar-refractivity contribution in [3.8, 4) is 0 Å². The summed E-state index contributed by atoms with van der Waals surface area (Å²) in [6, 6.07) is 2.08. The maximum atomic E-state index is 12.6. The molecule has 0 fully saturated rings.